The molecule has 4 nitrogen and oxygen atoms in total. The Bertz CT molecular complexity index is 646. The molecule has 0 saturated heterocycles. The van der Waals surface area contributed by atoms with Crippen molar-refractivity contribution in [3.05, 3.63) is 58.2 Å². The summed E-state index contributed by atoms with van der Waals surface area (Å²) < 4.78 is 4.98. The van der Waals surface area contributed by atoms with E-state index in [0.29, 0.717) is 30.1 Å². The van der Waals surface area contributed by atoms with Gasteiger partial charge in [0, 0.05) is 12.6 Å². The molecule has 0 N–H and O–H groups in total. The zero-order valence-electron chi connectivity index (χ0n) is 12.9. The van der Waals surface area contributed by atoms with Gasteiger partial charge in [-0.2, -0.15) is 0 Å². The first kappa shape index (κ1) is 15.2. The number of esters is 1. The van der Waals surface area contributed by atoms with Gasteiger partial charge in [-0.3, -0.25) is 0 Å². The van der Waals surface area contributed by atoms with Crippen molar-refractivity contribution in [2.75, 3.05) is 6.61 Å². The average Bonchev–Trinajstić information content (AvgIpc) is 2.37. The first-order valence-electron chi connectivity index (χ1n) is 7.06. The SMILES string of the molecule is CCOC(=O)c1cnc(Cc2cc(C)cc(C)c2)nc1C. The molecule has 0 radical (unpaired) electrons. The van der Waals surface area contributed by atoms with E-state index in [1.165, 1.54) is 16.7 Å². The number of hydrogen-bond acceptors (Lipinski definition) is 4. The molecule has 0 fully saturated rings. The van der Waals surface area contributed by atoms with Crippen molar-refractivity contribution in [3.63, 3.8) is 0 Å². The fraction of sp³-hybridized carbons (Fsp3) is 0.353. The fourth-order valence-electron chi connectivity index (χ4n) is 2.36. The Morgan fingerprint density at radius 2 is 1.81 bits per heavy atom. The molecular formula is C17H20N2O2. The van der Waals surface area contributed by atoms with Crippen LogP contribution in [0.4, 0.5) is 0 Å². The predicted molar refractivity (Wildman–Crippen MR) is 81.4 cm³/mol. The molecule has 1 heterocycles. The molecule has 0 aliphatic heterocycles. The summed E-state index contributed by atoms with van der Waals surface area (Å²) in [5.41, 5.74) is 4.72. The van der Waals surface area contributed by atoms with Gasteiger partial charge < -0.3 is 4.74 Å². The molecule has 0 amide bonds. The van der Waals surface area contributed by atoms with Crippen LogP contribution in [-0.4, -0.2) is 22.5 Å². The molecule has 2 aromatic rings. The second-order valence-corrected chi connectivity index (χ2v) is 5.18. The number of nitrogens with zero attached hydrogens (tertiary/aromatic N) is 2. The van der Waals surface area contributed by atoms with Gasteiger partial charge in [0.15, 0.2) is 0 Å². The molecule has 0 spiro atoms. The molecule has 2 rings (SSSR count). The van der Waals surface area contributed by atoms with Crippen LogP contribution in [0.3, 0.4) is 0 Å². The normalized spacial score (nSPS) is 10.5. The predicted octanol–water partition coefficient (Wildman–Crippen LogP) is 3.17. The van der Waals surface area contributed by atoms with Crippen molar-refractivity contribution >= 4 is 5.97 Å². The molecule has 0 unspecified atom stereocenters. The molecule has 0 aliphatic rings. The summed E-state index contributed by atoms with van der Waals surface area (Å²) in [6.45, 7) is 8.09. The van der Waals surface area contributed by atoms with E-state index in [9.17, 15) is 4.79 Å². The third-order valence-electron chi connectivity index (χ3n) is 3.17. The van der Waals surface area contributed by atoms with Crippen LogP contribution in [-0.2, 0) is 11.2 Å². The Morgan fingerprint density at radius 1 is 1.14 bits per heavy atom. The van der Waals surface area contributed by atoms with Crippen LogP contribution < -0.4 is 0 Å². The molecular weight excluding hydrogens is 264 g/mol. The van der Waals surface area contributed by atoms with E-state index in [-0.39, 0.29) is 5.97 Å². The summed E-state index contributed by atoms with van der Waals surface area (Å²) in [6, 6.07) is 6.40. The van der Waals surface area contributed by atoms with Gasteiger partial charge in [-0.25, -0.2) is 14.8 Å². The Labute approximate surface area is 125 Å². The van der Waals surface area contributed by atoms with Crippen molar-refractivity contribution in [2.45, 2.75) is 34.1 Å². The van der Waals surface area contributed by atoms with Gasteiger partial charge in [0.05, 0.1) is 17.9 Å². The van der Waals surface area contributed by atoms with Gasteiger partial charge in [-0.05, 0) is 33.3 Å². The largest absolute Gasteiger partial charge is 0.462 e. The molecule has 0 atom stereocenters. The fourth-order valence-corrected chi connectivity index (χ4v) is 2.36. The number of ether oxygens (including phenoxy) is 1. The van der Waals surface area contributed by atoms with E-state index < -0.39 is 0 Å². The lowest BCUT2D eigenvalue weighted by Crippen LogP contribution is -2.10. The molecule has 1 aromatic heterocycles. The van der Waals surface area contributed by atoms with E-state index in [2.05, 4.69) is 42.0 Å². The smallest absolute Gasteiger partial charge is 0.341 e. The molecule has 110 valence electrons. The third kappa shape index (κ3) is 3.88. The second-order valence-electron chi connectivity index (χ2n) is 5.18. The minimum Gasteiger partial charge on any atom is -0.462 e. The summed E-state index contributed by atoms with van der Waals surface area (Å²) in [7, 11) is 0. The molecule has 4 heteroatoms. The van der Waals surface area contributed by atoms with Crippen molar-refractivity contribution < 1.29 is 9.53 Å². The number of carbonyl (C=O) groups is 1. The van der Waals surface area contributed by atoms with Gasteiger partial charge >= 0.3 is 5.97 Å². The topological polar surface area (TPSA) is 52.1 Å². The maximum absolute atomic E-state index is 11.7. The van der Waals surface area contributed by atoms with Crippen molar-refractivity contribution in [1.82, 2.24) is 9.97 Å². The molecule has 0 saturated carbocycles. The molecule has 0 aliphatic carbocycles. The Kier molecular flexibility index (Phi) is 4.68. The highest BCUT2D eigenvalue weighted by Crippen LogP contribution is 2.13. The van der Waals surface area contributed by atoms with Crippen LogP contribution in [0.1, 0.15) is 45.5 Å². The van der Waals surface area contributed by atoms with Gasteiger partial charge in [0.2, 0.25) is 0 Å². The maximum atomic E-state index is 11.7. The zero-order valence-corrected chi connectivity index (χ0v) is 12.9. The lowest BCUT2D eigenvalue weighted by Gasteiger charge is -2.07. The number of rotatable bonds is 4. The average molecular weight is 284 g/mol. The molecule has 1 aromatic carbocycles. The van der Waals surface area contributed by atoms with Gasteiger partial charge in [-0.1, -0.05) is 29.3 Å². The highest BCUT2D eigenvalue weighted by Gasteiger charge is 2.12. The van der Waals surface area contributed by atoms with Crippen molar-refractivity contribution in [2.24, 2.45) is 0 Å². The first-order valence-corrected chi connectivity index (χ1v) is 7.06. The maximum Gasteiger partial charge on any atom is 0.341 e. The number of hydrogen-bond donors (Lipinski definition) is 0. The van der Waals surface area contributed by atoms with E-state index in [0.717, 1.165) is 0 Å². The molecule has 21 heavy (non-hydrogen) atoms. The minimum absolute atomic E-state index is 0.350. The lowest BCUT2D eigenvalue weighted by molar-refractivity contribution is 0.0524. The van der Waals surface area contributed by atoms with Crippen LogP contribution >= 0.6 is 0 Å². The number of aromatic nitrogens is 2. The molecule has 0 bridgehead atoms. The van der Waals surface area contributed by atoms with Crippen LogP contribution in [0.2, 0.25) is 0 Å². The summed E-state index contributed by atoms with van der Waals surface area (Å²) in [5, 5.41) is 0. The van der Waals surface area contributed by atoms with Crippen LogP contribution in [0.15, 0.2) is 24.4 Å². The highest BCUT2D eigenvalue weighted by molar-refractivity contribution is 5.90. The summed E-state index contributed by atoms with van der Waals surface area (Å²) in [4.78, 5) is 20.4. The van der Waals surface area contributed by atoms with E-state index >= 15 is 0 Å². The van der Waals surface area contributed by atoms with E-state index in [4.69, 9.17) is 4.74 Å². The van der Waals surface area contributed by atoms with Crippen LogP contribution in [0.25, 0.3) is 0 Å². The zero-order chi connectivity index (χ0) is 15.4. The van der Waals surface area contributed by atoms with Crippen LogP contribution in [0, 0.1) is 20.8 Å². The lowest BCUT2D eigenvalue weighted by atomic mass is 10.0. The quantitative estimate of drug-likeness (QED) is 0.809. The standard InChI is InChI=1S/C17H20N2O2/c1-5-21-17(20)15-10-18-16(19-13(15)4)9-14-7-11(2)6-12(3)8-14/h6-8,10H,5,9H2,1-4H3. The van der Waals surface area contributed by atoms with Crippen molar-refractivity contribution in [3.8, 4) is 0 Å². The summed E-state index contributed by atoms with van der Waals surface area (Å²) in [6.07, 6.45) is 2.21. The Hall–Kier alpha value is -2.23. The number of benzene rings is 1. The van der Waals surface area contributed by atoms with Crippen molar-refractivity contribution in [1.29, 1.82) is 0 Å². The van der Waals surface area contributed by atoms with Gasteiger partial charge in [-0.15, -0.1) is 0 Å². The summed E-state index contributed by atoms with van der Waals surface area (Å²) >= 11 is 0. The first-order chi connectivity index (χ1) is 9.99. The van der Waals surface area contributed by atoms with Gasteiger partial charge in [0.1, 0.15) is 5.82 Å². The third-order valence-corrected chi connectivity index (χ3v) is 3.17. The van der Waals surface area contributed by atoms with Gasteiger partial charge in [0.25, 0.3) is 0 Å². The van der Waals surface area contributed by atoms with E-state index in [1.54, 1.807) is 20.0 Å². The monoisotopic (exact) mass is 284 g/mol. The van der Waals surface area contributed by atoms with Crippen LogP contribution in [0.5, 0.6) is 0 Å². The highest BCUT2D eigenvalue weighted by atomic mass is 16.5. The minimum atomic E-state index is -0.368. The second kappa shape index (κ2) is 6.48. The summed E-state index contributed by atoms with van der Waals surface area (Å²) in [5.74, 6) is 0.346. The number of aryl methyl sites for hydroxylation is 3. The van der Waals surface area contributed by atoms with E-state index in [1.807, 2.05) is 0 Å². The number of carbonyl (C=O) groups excluding carboxylic acids is 1. The Morgan fingerprint density at radius 3 is 2.38 bits per heavy atom. The Balaban J connectivity index is 2.22.